The highest BCUT2D eigenvalue weighted by Gasteiger charge is 2.08. The van der Waals surface area contributed by atoms with Gasteiger partial charge in [-0.2, -0.15) is 0 Å². The molecule has 1 heterocycles. The van der Waals surface area contributed by atoms with Gasteiger partial charge in [0.1, 0.15) is 5.75 Å². The van der Waals surface area contributed by atoms with Gasteiger partial charge >= 0.3 is 5.69 Å². The van der Waals surface area contributed by atoms with Crippen molar-refractivity contribution in [3.05, 3.63) is 40.3 Å². The van der Waals surface area contributed by atoms with Gasteiger partial charge in [0.2, 0.25) is 0 Å². The van der Waals surface area contributed by atoms with E-state index in [0.717, 1.165) is 35.1 Å². The molecule has 0 saturated carbocycles. The van der Waals surface area contributed by atoms with E-state index in [9.17, 15) is 4.79 Å². The molecule has 0 spiro atoms. The number of aromatic amines is 1. The SMILES string of the molecule is CCCCn1c(SCc2cccc(OC)c2)n[nH]c1=O. The molecule has 0 bridgehead atoms. The number of hydrogen-bond acceptors (Lipinski definition) is 4. The first-order valence-electron chi connectivity index (χ1n) is 6.65. The van der Waals surface area contributed by atoms with Crippen molar-refractivity contribution in [1.29, 1.82) is 0 Å². The minimum absolute atomic E-state index is 0.133. The largest absolute Gasteiger partial charge is 0.497 e. The number of unbranched alkanes of at least 4 members (excludes halogenated alkanes) is 1. The Kier molecular flexibility index (Phi) is 5.29. The van der Waals surface area contributed by atoms with Crippen molar-refractivity contribution >= 4 is 11.8 Å². The van der Waals surface area contributed by atoms with E-state index in [1.165, 1.54) is 0 Å². The van der Waals surface area contributed by atoms with E-state index >= 15 is 0 Å². The maximum atomic E-state index is 11.7. The van der Waals surface area contributed by atoms with Crippen molar-refractivity contribution in [3.8, 4) is 5.75 Å². The van der Waals surface area contributed by atoms with Crippen LogP contribution >= 0.6 is 11.8 Å². The molecule has 108 valence electrons. The Labute approximate surface area is 122 Å². The molecule has 0 saturated heterocycles. The highest BCUT2D eigenvalue weighted by atomic mass is 32.2. The summed E-state index contributed by atoms with van der Waals surface area (Å²) in [4.78, 5) is 11.7. The number of thioether (sulfide) groups is 1. The number of benzene rings is 1. The van der Waals surface area contributed by atoms with Crippen LogP contribution in [0.3, 0.4) is 0 Å². The van der Waals surface area contributed by atoms with Gasteiger partial charge in [-0.15, -0.1) is 5.10 Å². The van der Waals surface area contributed by atoms with Crippen molar-refractivity contribution in [2.75, 3.05) is 7.11 Å². The summed E-state index contributed by atoms with van der Waals surface area (Å²) < 4.78 is 6.90. The fourth-order valence-corrected chi connectivity index (χ4v) is 2.75. The Morgan fingerprint density at radius 1 is 1.45 bits per heavy atom. The molecule has 0 atom stereocenters. The van der Waals surface area contributed by atoms with Crippen LogP contribution in [0.4, 0.5) is 0 Å². The number of H-pyrrole nitrogens is 1. The van der Waals surface area contributed by atoms with Gasteiger partial charge in [0.05, 0.1) is 7.11 Å². The molecule has 2 aromatic rings. The van der Waals surface area contributed by atoms with Crippen molar-refractivity contribution in [2.24, 2.45) is 0 Å². The summed E-state index contributed by atoms with van der Waals surface area (Å²) in [6, 6.07) is 7.91. The zero-order chi connectivity index (χ0) is 14.4. The lowest BCUT2D eigenvalue weighted by Crippen LogP contribution is -2.17. The summed E-state index contributed by atoms with van der Waals surface area (Å²) in [6.07, 6.45) is 2.03. The lowest BCUT2D eigenvalue weighted by molar-refractivity contribution is 0.414. The fourth-order valence-electron chi connectivity index (χ4n) is 1.84. The maximum absolute atomic E-state index is 11.7. The second-order valence-corrected chi connectivity index (χ2v) is 5.40. The van der Waals surface area contributed by atoms with Crippen LogP contribution in [0.5, 0.6) is 5.75 Å². The number of aromatic nitrogens is 3. The number of ether oxygens (including phenoxy) is 1. The van der Waals surface area contributed by atoms with Crippen LogP contribution in [0.2, 0.25) is 0 Å². The van der Waals surface area contributed by atoms with E-state index < -0.39 is 0 Å². The minimum Gasteiger partial charge on any atom is -0.497 e. The van der Waals surface area contributed by atoms with Gasteiger partial charge < -0.3 is 4.74 Å². The van der Waals surface area contributed by atoms with E-state index in [0.29, 0.717) is 6.54 Å². The summed E-state index contributed by atoms with van der Waals surface area (Å²) in [7, 11) is 1.66. The number of hydrogen-bond donors (Lipinski definition) is 1. The predicted molar refractivity (Wildman–Crippen MR) is 80.3 cm³/mol. The maximum Gasteiger partial charge on any atom is 0.343 e. The molecule has 1 aromatic heterocycles. The zero-order valence-electron chi connectivity index (χ0n) is 11.8. The monoisotopic (exact) mass is 293 g/mol. The van der Waals surface area contributed by atoms with E-state index in [4.69, 9.17) is 4.74 Å². The summed E-state index contributed by atoms with van der Waals surface area (Å²) in [5.41, 5.74) is 1.01. The first-order chi connectivity index (χ1) is 9.74. The topological polar surface area (TPSA) is 59.9 Å². The van der Waals surface area contributed by atoms with Gasteiger partial charge in [0, 0.05) is 12.3 Å². The molecule has 0 aliphatic rings. The van der Waals surface area contributed by atoms with Gasteiger partial charge in [-0.1, -0.05) is 37.2 Å². The van der Waals surface area contributed by atoms with E-state index in [2.05, 4.69) is 17.1 Å². The Morgan fingerprint density at radius 3 is 3.05 bits per heavy atom. The Morgan fingerprint density at radius 2 is 2.30 bits per heavy atom. The molecule has 6 heteroatoms. The molecule has 20 heavy (non-hydrogen) atoms. The van der Waals surface area contributed by atoms with Crippen LogP contribution in [-0.2, 0) is 12.3 Å². The summed E-state index contributed by atoms with van der Waals surface area (Å²) in [6.45, 7) is 2.82. The van der Waals surface area contributed by atoms with Crippen molar-refractivity contribution < 1.29 is 4.74 Å². The molecule has 0 fully saturated rings. The third kappa shape index (κ3) is 3.66. The Bertz CT molecular complexity index is 606. The predicted octanol–water partition coefficient (Wildman–Crippen LogP) is 2.67. The number of methoxy groups -OCH3 is 1. The highest BCUT2D eigenvalue weighted by Crippen LogP contribution is 2.22. The molecular weight excluding hydrogens is 274 g/mol. The van der Waals surface area contributed by atoms with Gasteiger partial charge in [-0.05, 0) is 24.1 Å². The normalized spacial score (nSPS) is 10.7. The average Bonchev–Trinajstić information content (AvgIpc) is 2.83. The van der Waals surface area contributed by atoms with Crippen LogP contribution in [-0.4, -0.2) is 21.9 Å². The molecular formula is C14H19N3O2S. The quantitative estimate of drug-likeness (QED) is 0.797. The highest BCUT2D eigenvalue weighted by molar-refractivity contribution is 7.98. The van der Waals surface area contributed by atoms with E-state index in [1.54, 1.807) is 23.4 Å². The first kappa shape index (κ1) is 14.7. The van der Waals surface area contributed by atoms with Crippen molar-refractivity contribution in [3.63, 3.8) is 0 Å². The Balaban J connectivity index is 2.05. The minimum atomic E-state index is -0.133. The lowest BCUT2D eigenvalue weighted by Gasteiger charge is -2.06. The molecule has 0 unspecified atom stereocenters. The molecule has 0 aliphatic carbocycles. The number of nitrogens with zero attached hydrogens (tertiary/aromatic N) is 2. The summed E-state index contributed by atoms with van der Waals surface area (Å²) in [5.74, 6) is 1.60. The van der Waals surface area contributed by atoms with E-state index in [1.807, 2.05) is 24.3 Å². The molecule has 1 N–H and O–H groups in total. The zero-order valence-corrected chi connectivity index (χ0v) is 12.6. The third-order valence-corrected chi connectivity index (χ3v) is 4.01. The second-order valence-electron chi connectivity index (χ2n) is 4.46. The molecule has 0 amide bonds. The van der Waals surface area contributed by atoms with E-state index in [-0.39, 0.29) is 5.69 Å². The van der Waals surface area contributed by atoms with Gasteiger partial charge in [-0.25, -0.2) is 9.89 Å². The molecule has 5 nitrogen and oxygen atoms in total. The standard InChI is InChI=1S/C14H19N3O2S/c1-3-4-8-17-13(18)15-16-14(17)20-10-11-6-5-7-12(9-11)19-2/h5-7,9H,3-4,8,10H2,1-2H3,(H,15,18). The Hall–Kier alpha value is -1.69. The smallest absolute Gasteiger partial charge is 0.343 e. The summed E-state index contributed by atoms with van der Waals surface area (Å²) >= 11 is 1.56. The summed E-state index contributed by atoms with van der Waals surface area (Å²) in [5, 5.41) is 7.34. The van der Waals surface area contributed by atoms with Crippen LogP contribution in [0.15, 0.2) is 34.2 Å². The third-order valence-electron chi connectivity index (χ3n) is 2.96. The molecule has 0 radical (unpaired) electrons. The van der Waals surface area contributed by atoms with Crippen LogP contribution in [0, 0.1) is 0 Å². The van der Waals surface area contributed by atoms with Crippen molar-refractivity contribution in [2.45, 2.75) is 37.2 Å². The fraction of sp³-hybridized carbons (Fsp3) is 0.429. The molecule has 0 aliphatic heterocycles. The van der Waals surface area contributed by atoms with Gasteiger partial charge in [0.25, 0.3) is 0 Å². The number of rotatable bonds is 7. The molecule has 2 rings (SSSR count). The van der Waals surface area contributed by atoms with Gasteiger partial charge in [0.15, 0.2) is 5.16 Å². The average molecular weight is 293 g/mol. The number of nitrogens with one attached hydrogen (secondary N) is 1. The molecule has 1 aromatic carbocycles. The first-order valence-corrected chi connectivity index (χ1v) is 7.64. The van der Waals surface area contributed by atoms with Crippen molar-refractivity contribution in [1.82, 2.24) is 14.8 Å². The van der Waals surface area contributed by atoms with Crippen LogP contribution in [0.1, 0.15) is 25.3 Å². The van der Waals surface area contributed by atoms with Crippen LogP contribution in [0.25, 0.3) is 0 Å². The lowest BCUT2D eigenvalue weighted by atomic mass is 10.2. The van der Waals surface area contributed by atoms with Gasteiger partial charge in [-0.3, -0.25) is 4.57 Å². The second kappa shape index (κ2) is 7.19. The van der Waals surface area contributed by atoms with Crippen LogP contribution < -0.4 is 10.4 Å².